The maximum Gasteiger partial charge on any atom is 0.151 e. The van der Waals surface area contributed by atoms with Gasteiger partial charge >= 0.3 is 0 Å². The number of benzene rings is 12. The Balaban J connectivity index is 0.000000143. The molecule has 0 N–H and O–H groups in total. The molecule has 0 bridgehead atoms. The number of furan rings is 4. The van der Waals surface area contributed by atoms with Crippen LogP contribution in [0.1, 0.15) is 9.68 Å². The van der Waals surface area contributed by atoms with Crippen molar-refractivity contribution in [3.63, 3.8) is 0 Å². The molecule has 730 valence electrons. The van der Waals surface area contributed by atoms with E-state index < -0.39 is 39.1 Å². The van der Waals surface area contributed by atoms with Crippen molar-refractivity contribution in [3.05, 3.63) is 462 Å². The number of para-hydroxylation sites is 4. The van der Waals surface area contributed by atoms with Gasteiger partial charge in [0, 0.05) is 169 Å². The summed E-state index contributed by atoms with van der Waals surface area (Å²) in [6.07, 6.45) is 14.1. The molecule has 4 radical (unpaired) electrons. The van der Waals surface area contributed by atoms with Crippen LogP contribution >= 0.6 is 0 Å². The fourth-order valence-corrected chi connectivity index (χ4v) is 22.0. The van der Waals surface area contributed by atoms with E-state index in [-0.39, 0.29) is 86.0 Å². The van der Waals surface area contributed by atoms with Crippen LogP contribution in [0.25, 0.3) is 178 Å². The van der Waals surface area contributed by atoms with Crippen LogP contribution in [0.2, 0.25) is 78.6 Å². The molecule has 0 fully saturated rings. The molecular weight excluding hydrogens is 2560 g/mol. The molecule has 12 aromatic carbocycles. The Morgan fingerprint density at radius 3 is 0.993 bits per heavy atom. The molecule has 0 unspecified atom stereocenters. The van der Waals surface area contributed by atoms with Crippen LogP contribution in [0.3, 0.4) is 0 Å². The van der Waals surface area contributed by atoms with Crippen molar-refractivity contribution in [2.24, 2.45) is 0 Å². The molecule has 0 aliphatic rings. The van der Waals surface area contributed by atoms with Gasteiger partial charge in [0.15, 0.2) is 22.3 Å². The molecule has 145 heavy (non-hydrogen) atoms. The number of fused-ring (bicyclic) bond motifs is 12. The third kappa shape index (κ3) is 27.6. The number of rotatable bonds is 12. The first-order chi connectivity index (χ1) is 69.6. The standard InChI is InChI=1S/4C20H18NOSi.C12H10N.3C11H8N.4Ir/c1-23(2,3)20-11-7-5-9-15(20)17-12-16-14-8-4-6-10-18(14)22-19(16)13-21-17;1-23(2,3)15-8-6-7-14(11-15)18-12-17-16-9-4-5-10-19(16)22-20(17)13-21-18;1-23(2,3)20-18-15-11-7-8-12-16(15)22-17(18)13-21-19(20)14-9-5-4-6-10-14;1-23(2,3)15-10-8-14(9-11-15)18-12-17-16-6-4-5-7-19(16)22-20(17)13-21-18;1-10-7-8-12(13-9-10)11-5-3-2-4-6-11;3*1-2-6-10(7-3-1)11-8-4-5-9-12-11;;;;/h4-8,10-13H,1-3H3;4-6,8-13H,1-3H3;4-9,11-13H,1-3H3;4-8,10-13H,1-3H3;2-5,7-9H,1H3;3*1-6,8-9H;;;;/q8*-1;;;;/i;;;;1D3;;;;;;;. The zero-order valence-electron chi connectivity index (χ0n) is 85.2. The average Bonchev–Trinajstić information content (AvgIpc) is 1.55. The minimum absolute atomic E-state index is 0. The van der Waals surface area contributed by atoms with Gasteiger partial charge in [0.2, 0.25) is 0 Å². The Morgan fingerprint density at radius 1 is 0.234 bits per heavy atom. The molecule has 12 aromatic heterocycles. The van der Waals surface area contributed by atoms with Crippen LogP contribution in [0.15, 0.2) is 425 Å². The second-order valence-corrected chi connectivity index (χ2v) is 57.9. The Kier molecular flexibility index (Phi) is 36.2. The summed E-state index contributed by atoms with van der Waals surface area (Å²) in [7, 11) is -5.75. The monoisotopic (exact) mass is 2670 g/mol. The van der Waals surface area contributed by atoms with E-state index in [4.69, 9.17) is 26.8 Å². The molecule has 0 saturated carbocycles. The van der Waals surface area contributed by atoms with E-state index in [1.165, 1.54) is 37.7 Å². The van der Waals surface area contributed by atoms with Crippen LogP contribution in [-0.2, 0) is 80.4 Å². The molecule has 12 heterocycles. The van der Waals surface area contributed by atoms with Gasteiger partial charge < -0.3 is 57.5 Å². The Hall–Kier alpha value is -13.5. The molecular formula is C125H106Ir4N8O4Si4-8. The third-order valence-corrected chi connectivity index (χ3v) is 31.6. The van der Waals surface area contributed by atoms with E-state index in [0.29, 0.717) is 0 Å². The van der Waals surface area contributed by atoms with Crippen LogP contribution in [0.5, 0.6) is 0 Å². The predicted octanol–water partition coefficient (Wildman–Crippen LogP) is 30.5. The SMILES string of the molecule is C[Si](C)(C)c1c(-c2[c-]cccc2)ncc2oc3ccccc3c12.C[Si](C)(C)c1c[c-]c(-c2cc3c(cn2)oc2ccccc23)cc1.C[Si](C)(C)c1cc[c-]c(-c2cc3c(cn2)oc2ccccc23)c1.C[Si](C)(C)c1ccc[c-]c1-c1cc2c(cn1)oc1ccccc12.[2H]C([2H])([2H])c1ccc(-c2[c-]cccc2)nc1.[Ir].[Ir].[Ir].[Ir].[c-]1ccccc1-c1ccccn1.[c-]1ccccc1-c1ccccn1.[c-]1ccccc1-c1ccccn1. The molecule has 12 nitrogen and oxygen atoms in total. The van der Waals surface area contributed by atoms with Gasteiger partial charge in [0.1, 0.15) is 22.3 Å². The fraction of sp³-hybridized carbons (Fsp3) is 0.104. The molecule has 24 rings (SSSR count). The minimum Gasteiger partial charge on any atom is -0.455 e. The second-order valence-electron chi connectivity index (χ2n) is 37.7. The quantitative estimate of drug-likeness (QED) is 0.0844. The second kappa shape index (κ2) is 50.3. The molecule has 0 aliphatic carbocycles. The summed E-state index contributed by atoms with van der Waals surface area (Å²) >= 11 is 0. The van der Waals surface area contributed by atoms with Crippen molar-refractivity contribution < 1.29 is 102 Å². The number of hydrogen-bond acceptors (Lipinski definition) is 12. The average molecular weight is 2670 g/mol. The zero-order chi connectivity index (χ0) is 100. The van der Waals surface area contributed by atoms with Gasteiger partial charge in [-0.1, -0.05) is 223 Å². The molecule has 0 amide bonds. The summed E-state index contributed by atoms with van der Waals surface area (Å²) < 4.78 is 45.3. The fourth-order valence-electron chi connectivity index (χ4n) is 16.3. The smallest absolute Gasteiger partial charge is 0.151 e. The molecule has 0 atom stereocenters. The van der Waals surface area contributed by atoms with E-state index in [1.807, 2.05) is 267 Å². The predicted molar refractivity (Wildman–Crippen MR) is 594 cm³/mol. The van der Waals surface area contributed by atoms with Gasteiger partial charge in [-0.3, -0.25) is 0 Å². The maximum atomic E-state index is 7.23. The van der Waals surface area contributed by atoms with Crippen molar-refractivity contribution in [1.29, 1.82) is 0 Å². The van der Waals surface area contributed by atoms with Gasteiger partial charge in [-0.05, 0) is 100 Å². The Morgan fingerprint density at radius 2 is 0.600 bits per heavy atom. The summed E-state index contributed by atoms with van der Waals surface area (Å²) in [5, 5.41) is 14.7. The van der Waals surface area contributed by atoms with Crippen molar-refractivity contribution in [1.82, 2.24) is 39.9 Å². The summed E-state index contributed by atoms with van der Waals surface area (Å²) in [6, 6.07) is 144. The Bertz CT molecular complexity index is 8110. The van der Waals surface area contributed by atoms with E-state index in [9.17, 15) is 0 Å². The van der Waals surface area contributed by atoms with Crippen molar-refractivity contribution in [3.8, 4) is 90.1 Å². The molecule has 0 spiro atoms. The van der Waals surface area contributed by atoms with Crippen molar-refractivity contribution >= 4 is 141 Å². The molecule has 20 heteroatoms. The number of hydrogen-bond donors (Lipinski definition) is 0. The maximum absolute atomic E-state index is 7.23. The van der Waals surface area contributed by atoms with Gasteiger partial charge in [-0.25, -0.2) is 0 Å². The number of pyridine rings is 8. The van der Waals surface area contributed by atoms with E-state index in [0.717, 1.165) is 167 Å². The first-order valence-electron chi connectivity index (χ1n) is 48.4. The van der Waals surface area contributed by atoms with Crippen LogP contribution in [0, 0.1) is 55.4 Å². The summed E-state index contributed by atoms with van der Waals surface area (Å²) in [6.45, 7) is 26.1. The first-order valence-corrected chi connectivity index (χ1v) is 60.9. The molecule has 0 saturated heterocycles. The van der Waals surface area contributed by atoms with Gasteiger partial charge in [-0.2, -0.15) is 0 Å². The van der Waals surface area contributed by atoms with E-state index in [2.05, 4.69) is 259 Å². The van der Waals surface area contributed by atoms with Gasteiger partial charge in [0.05, 0.1) is 40.9 Å². The van der Waals surface area contributed by atoms with Crippen LogP contribution in [0.4, 0.5) is 0 Å². The van der Waals surface area contributed by atoms with E-state index in [1.54, 1.807) is 36.8 Å². The topological polar surface area (TPSA) is 156 Å². The van der Waals surface area contributed by atoms with Gasteiger partial charge in [0.25, 0.3) is 0 Å². The zero-order valence-corrected chi connectivity index (χ0v) is 95.8. The largest absolute Gasteiger partial charge is 0.455 e. The summed E-state index contributed by atoms with van der Waals surface area (Å²) in [5.74, 6) is 0. The molecule has 0 aliphatic heterocycles. The van der Waals surface area contributed by atoms with Crippen LogP contribution in [-0.4, -0.2) is 72.2 Å². The van der Waals surface area contributed by atoms with Crippen molar-refractivity contribution in [2.45, 2.75) is 85.4 Å². The molecule has 24 aromatic rings. The number of aryl methyl sites for hydroxylation is 1. The normalized spacial score (nSPS) is 11.4. The van der Waals surface area contributed by atoms with Crippen LogP contribution < -0.4 is 20.7 Å². The summed E-state index contributed by atoms with van der Waals surface area (Å²) in [4.78, 5) is 35.3. The first kappa shape index (κ1) is 104. The van der Waals surface area contributed by atoms with Crippen molar-refractivity contribution in [2.75, 3.05) is 0 Å². The van der Waals surface area contributed by atoms with Gasteiger partial charge in [-0.15, -0.1) is 285 Å². The number of nitrogens with zero attached hydrogens (tertiary/aromatic N) is 8. The number of aromatic nitrogens is 8. The Labute approximate surface area is 911 Å². The third-order valence-electron chi connectivity index (χ3n) is 23.4. The van der Waals surface area contributed by atoms with E-state index >= 15 is 0 Å². The minimum atomic E-state index is -2.09. The summed E-state index contributed by atoms with van der Waals surface area (Å²) in [5.41, 5.74) is 23.0.